The first kappa shape index (κ1) is 14.9. The first-order chi connectivity index (χ1) is 8.82. The molecule has 19 heavy (non-hydrogen) atoms. The van der Waals surface area contributed by atoms with Gasteiger partial charge < -0.3 is 5.32 Å². The normalized spacial score (nSPS) is 23.6. The molecule has 0 heterocycles. The highest BCUT2D eigenvalue weighted by atomic mass is 79.9. The van der Waals surface area contributed by atoms with Gasteiger partial charge in [-0.2, -0.15) is 0 Å². The van der Waals surface area contributed by atoms with Crippen LogP contribution in [0.2, 0.25) is 0 Å². The van der Waals surface area contributed by atoms with Crippen molar-refractivity contribution in [3.8, 4) is 0 Å². The molecule has 2 rings (SSSR count). The molecule has 0 saturated heterocycles. The highest BCUT2D eigenvalue weighted by Gasteiger charge is 2.60. The fraction of sp³-hybridized carbons (Fsp3) is 0.357. The fourth-order valence-electron chi connectivity index (χ4n) is 2.38. The maximum Gasteiger partial charge on any atom is 0.228 e. The van der Waals surface area contributed by atoms with E-state index in [1.165, 1.54) is 0 Å². The number of benzene rings is 1. The maximum atomic E-state index is 12.2. The molecule has 1 aliphatic rings. The van der Waals surface area contributed by atoms with Crippen molar-refractivity contribution >= 4 is 50.7 Å². The zero-order chi connectivity index (χ0) is 14.2. The van der Waals surface area contributed by atoms with Crippen molar-refractivity contribution in [2.24, 2.45) is 17.3 Å². The molecule has 2 atom stereocenters. The molecule has 2 nitrogen and oxygen atoms in total. The molecule has 1 saturated carbocycles. The second-order valence-electron chi connectivity index (χ2n) is 5.28. The van der Waals surface area contributed by atoms with Gasteiger partial charge in [0.2, 0.25) is 5.91 Å². The summed E-state index contributed by atoms with van der Waals surface area (Å²) in [6.45, 7) is 4.08. The SMILES string of the molecule is CC1(C)[C@H](C=C(Cl)Cl)[C@H]1C(=O)Nc1ccc(Br)cc1. The highest BCUT2D eigenvalue weighted by Crippen LogP contribution is 2.59. The molecule has 102 valence electrons. The molecule has 0 unspecified atom stereocenters. The minimum atomic E-state index is -0.103. The van der Waals surface area contributed by atoms with Crippen molar-refractivity contribution in [2.75, 3.05) is 5.32 Å². The number of allylic oxidation sites excluding steroid dienone is 1. The molecule has 1 fully saturated rings. The number of nitrogens with one attached hydrogen (secondary N) is 1. The van der Waals surface area contributed by atoms with Crippen LogP contribution in [0.25, 0.3) is 0 Å². The van der Waals surface area contributed by atoms with Gasteiger partial charge in [0.1, 0.15) is 4.49 Å². The van der Waals surface area contributed by atoms with E-state index in [-0.39, 0.29) is 27.6 Å². The molecule has 0 spiro atoms. The molecule has 1 aromatic rings. The lowest BCUT2D eigenvalue weighted by Gasteiger charge is -2.06. The largest absolute Gasteiger partial charge is 0.326 e. The summed E-state index contributed by atoms with van der Waals surface area (Å²) in [7, 11) is 0. The van der Waals surface area contributed by atoms with Crippen LogP contribution in [0.5, 0.6) is 0 Å². The summed E-state index contributed by atoms with van der Waals surface area (Å²) in [5, 5.41) is 2.91. The van der Waals surface area contributed by atoms with Crippen molar-refractivity contribution < 1.29 is 4.79 Å². The minimum Gasteiger partial charge on any atom is -0.326 e. The van der Waals surface area contributed by atoms with Crippen LogP contribution < -0.4 is 5.32 Å². The third-order valence-electron chi connectivity index (χ3n) is 3.61. The standard InChI is InChI=1S/C14H14BrCl2NO/c1-14(2)10(7-11(16)17)12(14)13(19)18-9-5-3-8(15)4-6-9/h3-7,10,12H,1-2H3,(H,18,19)/t10-,12+/m1/s1. The first-order valence-corrected chi connectivity index (χ1v) is 7.46. The van der Waals surface area contributed by atoms with E-state index < -0.39 is 0 Å². The summed E-state index contributed by atoms with van der Waals surface area (Å²) in [6.07, 6.45) is 1.74. The van der Waals surface area contributed by atoms with Crippen LogP contribution in [-0.2, 0) is 4.79 Å². The van der Waals surface area contributed by atoms with Crippen LogP contribution in [-0.4, -0.2) is 5.91 Å². The van der Waals surface area contributed by atoms with E-state index in [9.17, 15) is 4.79 Å². The van der Waals surface area contributed by atoms with Gasteiger partial charge in [-0.1, -0.05) is 53.0 Å². The number of rotatable bonds is 3. The third kappa shape index (κ3) is 3.33. The summed E-state index contributed by atoms with van der Waals surface area (Å²) in [4.78, 5) is 12.2. The van der Waals surface area contributed by atoms with Gasteiger partial charge in [0.25, 0.3) is 0 Å². The number of anilines is 1. The molecule has 0 radical (unpaired) electrons. The average Bonchev–Trinajstić information content (AvgIpc) is 2.83. The predicted octanol–water partition coefficient (Wildman–Crippen LogP) is 4.98. The number of halogens is 3. The zero-order valence-electron chi connectivity index (χ0n) is 10.6. The van der Waals surface area contributed by atoms with Gasteiger partial charge >= 0.3 is 0 Å². The van der Waals surface area contributed by atoms with Crippen LogP contribution in [0.15, 0.2) is 39.3 Å². The Morgan fingerprint density at radius 1 is 1.32 bits per heavy atom. The maximum absolute atomic E-state index is 12.2. The van der Waals surface area contributed by atoms with Gasteiger partial charge in [-0.05, 0) is 41.7 Å². The smallest absolute Gasteiger partial charge is 0.228 e. The molecular formula is C14H14BrCl2NO. The van der Waals surface area contributed by atoms with Crippen LogP contribution >= 0.6 is 39.1 Å². The van der Waals surface area contributed by atoms with Gasteiger partial charge in [-0.3, -0.25) is 4.79 Å². The minimum absolute atomic E-state index is 0.00292. The Hall–Kier alpha value is -0.510. The van der Waals surface area contributed by atoms with Crippen molar-refractivity contribution in [3.05, 3.63) is 39.3 Å². The third-order valence-corrected chi connectivity index (χ3v) is 4.39. The second-order valence-corrected chi connectivity index (χ2v) is 7.20. The lowest BCUT2D eigenvalue weighted by molar-refractivity contribution is -0.118. The molecule has 0 aliphatic heterocycles. The molecule has 1 amide bonds. The summed E-state index contributed by atoms with van der Waals surface area (Å²) < 4.78 is 1.20. The fourth-order valence-corrected chi connectivity index (χ4v) is 2.91. The van der Waals surface area contributed by atoms with E-state index in [2.05, 4.69) is 21.2 Å². The zero-order valence-corrected chi connectivity index (χ0v) is 13.7. The Labute approximate surface area is 131 Å². The Bertz CT molecular complexity index is 521. The number of carbonyl (C=O) groups is 1. The topological polar surface area (TPSA) is 29.1 Å². The van der Waals surface area contributed by atoms with Crippen molar-refractivity contribution in [3.63, 3.8) is 0 Å². The van der Waals surface area contributed by atoms with E-state index in [0.717, 1.165) is 10.2 Å². The van der Waals surface area contributed by atoms with E-state index in [1.807, 2.05) is 38.1 Å². The number of hydrogen-bond donors (Lipinski definition) is 1. The van der Waals surface area contributed by atoms with Crippen molar-refractivity contribution in [1.82, 2.24) is 0 Å². The molecule has 1 N–H and O–H groups in total. The molecule has 1 aliphatic carbocycles. The van der Waals surface area contributed by atoms with E-state index in [4.69, 9.17) is 23.2 Å². The van der Waals surface area contributed by atoms with E-state index in [1.54, 1.807) is 6.08 Å². The number of carbonyl (C=O) groups excluding carboxylic acids is 1. The monoisotopic (exact) mass is 361 g/mol. The van der Waals surface area contributed by atoms with E-state index in [0.29, 0.717) is 0 Å². The Kier molecular flexibility index (Phi) is 4.29. The van der Waals surface area contributed by atoms with Gasteiger partial charge in [0.15, 0.2) is 0 Å². The Morgan fingerprint density at radius 3 is 2.42 bits per heavy atom. The van der Waals surface area contributed by atoms with Gasteiger partial charge in [-0.15, -0.1) is 0 Å². The van der Waals surface area contributed by atoms with Gasteiger partial charge in [0.05, 0.1) is 5.92 Å². The van der Waals surface area contributed by atoms with Crippen LogP contribution in [0.4, 0.5) is 5.69 Å². The summed E-state index contributed by atoms with van der Waals surface area (Å²) in [5.74, 6) is -0.000231. The molecule has 1 aromatic carbocycles. The number of amides is 1. The lowest BCUT2D eigenvalue weighted by atomic mass is 10.1. The summed E-state index contributed by atoms with van der Waals surface area (Å²) in [5.41, 5.74) is 0.685. The van der Waals surface area contributed by atoms with Crippen LogP contribution in [0.3, 0.4) is 0 Å². The van der Waals surface area contributed by atoms with Crippen molar-refractivity contribution in [1.29, 1.82) is 0 Å². The highest BCUT2D eigenvalue weighted by molar-refractivity contribution is 9.10. The number of hydrogen-bond acceptors (Lipinski definition) is 1. The lowest BCUT2D eigenvalue weighted by Crippen LogP contribution is -2.16. The Morgan fingerprint density at radius 2 is 1.89 bits per heavy atom. The molecular weight excluding hydrogens is 349 g/mol. The Balaban J connectivity index is 2.05. The first-order valence-electron chi connectivity index (χ1n) is 5.91. The quantitative estimate of drug-likeness (QED) is 0.807. The van der Waals surface area contributed by atoms with Gasteiger partial charge in [0, 0.05) is 10.2 Å². The van der Waals surface area contributed by atoms with Crippen molar-refractivity contribution in [2.45, 2.75) is 13.8 Å². The van der Waals surface area contributed by atoms with Gasteiger partial charge in [-0.25, -0.2) is 0 Å². The predicted molar refractivity (Wildman–Crippen MR) is 83.3 cm³/mol. The summed E-state index contributed by atoms with van der Waals surface area (Å²) in [6, 6.07) is 7.49. The summed E-state index contributed by atoms with van der Waals surface area (Å²) >= 11 is 14.7. The van der Waals surface area contributed by atoms with Crippen LogP contribution in [0, 0.1) is 17.3 Å². The average molecular weight is 363 g/mol. The van der Waals surface area contributed by atoms with E-state index >= 15 is 0 Å². The molecule has 5 heteroatoms. The second kappa shape index (κ2) is 5.47. The van der Waals surface area contributed by atoms with Crippen LogP contribution in [0.1, 0.15) is 13.8 Å². The molecule has 0 bridgehead atoms. The molecule has 0 aromatic heterocycles.